The van der Waals surface area contributed by atoms with Gasteiger partial charge in [-0.25, -0.2) is 0 Å². The summed E-state index contributed by atoms with van der Waals surface area (Å²) in [7, 11) is 1.27. The maximum absolute atomic E-state index is 11.7. The van der Waals surface area contributed by atoms with Crippen molar-refractivity contribution in [3.8, 4) is 0 Å². The van der Waals surface area contributed by atoms with Gasteiger partial charge in [-0.2, -0.15) is 0 Å². The molecule has 0 saturated heterocycles. The molecule has 0 fully saturated rings. The highest BCUT2D eigenvalue weighted by atomic mass is 35.5. The Kier molecular flexibility index (Phi) is 6.01. The second-order valence-corrected chi connectivity index (χ2v) is 5.27. The highest BCUT2D eigenvalue weighted by Crippen LogP contribution is 2.29. The van der Waals surface area contributed by atoms with Gasteiger partial charge in [0.1, 0.15) is 6.54 Å². The first-order valence-corrected chi connectivity index (χ1v) is 6.56. The number of hydrogen-bond donors (Lipinski definition) is 1. The average molecular weight is 288 g/mol. The van der Waals surface area contributed by atoms with Crippen LogP contribution in [0, 0.1) is 0 Å². The summed E-state index contributed by atoms with van der Waals surface area (Å²) < 4.78 is 4.44. The first-order chi connectivity index (χ1) is 8.54. The van der Waals surface area contributed by atoms with Crippen LogP contribution in [0.25, 0.3) is 0 Å². The molecule has 0 aliphatic rings. The number of carbonyl (C=O) groups is 2. The minimum atomic E-state index is -0.474. The zero-order chi connectivity index (χ0) is 13.5. The highest BCUT2D eigenvalue weighted by molar-refractivity contribution is 8.00. The minimum absolute atomic E-state index is 0.122. The Morgan fingerprint density at radius 3 is 2.72 bits per heavy atom. The zero-order valence-corrected chi connectivity index (χ0v) is 11.7. The molecule has 1 aromatic carbocycles. The van der Waals surface area contributed by atoms with E-state index >= 15 is 0 Å². The number of amides is 1. The van der Waals surface area contributed by atoms with Crippen molar-refractivity contribution >= 4 is 35.2 Å². The maximum atomic E-state index is 11.7. The lowest BCUT2D eigenvalue weighted by molar-refractivity contribution is -0.141. The first kappa shape index (κ1) is 14.9. The van der Waals surface area contributed by atoms with Crippen LogP contribution in [0.4, 0.5) is 0 Å². The lowest BCUT2D eigenvalue weighted by Crippen LogP contribution is -2.35. The van der Waals surface area contributed by atoms with Gasteiger partial charge >= 0.3 is 5.97 Å². The zero-order valence-electron chi connectivity index (χ0n) is 10.1. The summed E-state index contributed by atoms with van der Waals surface area (Å²) in [4.78, 5) is 23.4. The summed E-state index contributed by atoms with van der Waals surface area (Å²) in [6.45, 7) is 1.63. The summed E-state index contributed by atoms with van der Waals surface area (Å²) in [5.74, 6) is -0.705. The molecule has 0 heterocycles. The van der Waals surface area contributed by atoms with E-state index in [1.807, 2.05) is 18.2 Å². The molecule has 18 heavy (non-hydrogen) atoms. The number of hydrogen-bond acceptors (Lipinski definition) is 4. The average Bonchev–Trinajstić information content (AvgIpc) is 2.38. The Morgan fingerprint density at radius 2 is 2.11 bits per heavy atom. The molecule has 1 aromatic rings. The van der Waals surface area contributed by atoms with Crippen LogP contribution >= 0.6 is 23.4 Å². The molecule has 0 aliphatic heterocycles. The topological polar surface area (TPSA) is 55.4 Å². The predicted octanol–water partition coefficient (Wildman–Crippen LogP) is 2.11. The van der Waals surface area contributed by atoms with Gasteiger partial charge in [-0.05, 0) is 19.1 Å². The van der Waals surface area contributed by atoms with Crippen LogP contribution in [0.3, 0.4) is 0 Å². The molecule has 0 spiro atoms. The second-order valence-electron chi connectivity index (χ2n) is 3.48. The van der Waals surface area contributed by atoms with E-state index in [4.69, 9.17) is 11.6 Å². The minimum Gasteiger partial charge on any atom is -0.468 e. The van der Waals surface area contributed by atoms with Gasteiger partial charge < -0.3 is 10.1 Å². The molecule has 98 valence electrons. The van der Waals surface area contributed by atoms with E-state index in [1.165, 1.54) is 18.9 Å². The highest BCUT2D eigenvalue weighted by Gasteiger charge is 2.16. The molecule has 1 amide bonds. The van der Waals surface area contributed by atoms with Crippen molar-refractivity contribution in [2.24, 2.45) is 0 Å². The fourth-order valence-electron chi connectivity index (χ4n) is 1.16. The van der Waals surface area contributed by atoms with Crippen LogP contribution in [-0.2, 0) is 14.3 Å². The summed E-state index contributed by atoms with van der Waals surface area (Å²) in [5, 5.41) is 2.76. The standard InChI is InChI=1S/C12H14ClNO3S/c1-8(12(16)14-7-11(15)17-2)18-10-6-4-3-5-9(10)13/h3-6,8H,7H2,1-2H3,(H,14,16). The largest absolute Gasteiger partial charge is 0.468 e. The molecule has 1 N–H and O–H groups in total. The SMILES string of the molecule is COC(=O)CNC(=O)C(C)Sc1ccccc1Cl. The normalized spacial score (nSPS) is 11.7. The van der Waals surface area contributed by atoms with E-state index in [0.717, 1.165) is 4.90 Å². The summed E-state index contributed by atoms with van der Waals surface area (Å²) in [5.41, 5.74) is 0. The van der Waals surface area contributed by atoms with Gasteiger partial charge in [-0.15, -0.1) is 11.8 Å². The van der Waals surface area contributed by atoms with Gasteiger partial charge in [-0.1, -0.05) is 23.7 Å². The third kappa shape index (κ3) is 4.58. The Labute approximate surface area is 115 Å². The monoisotopic (exact) mass is 287 g/mol. The second kappa shape index (κ2) is 7.28. The molecule has 1 rings (SSSR count). The predicted molar refractivity (Wildman–Crippen MR) is 71.8 cm³/mol. The van der Waals surface area contributed by atoms with Crippen LogP contribution in [0.5, 0.6) is 0 Å². The number of benzene rings is 1. The lowest BCUT2D eigenvalue weighted by Gasteiger charge is -2.12. The van der Waals surface area contributed by atoms with E-state index in [9.17, 15) is 9.59 Å². The molecular weight excluding hydrogens is 274 g/mol. The van der Waals surface area contributed by atoms with Crippen LogP contribution in [0.2, 0.25) is 5.02 Å². The molecular formula is C12H14ClNO3S. The van der Waals surface area contributed by atoms with E-state index in [2.05, 4.69) is 10.1 Å². The van der Waals surface area contributed by atoms with Gasteiger partial charge in [0, 0.05) is 4.90 Å². The van der Waals surface area contributed by atoms with Gasteiger partial charge in [0.15, 0.2) is 0 Å². The Bertz CT molecular complexity index is 439. The number of carbonyl (C=O) groups excluding carboxylic acids is 2. The first-order valence-electron chi connectivity index (χ1n) is 5.30. The van der Waals surface area contributed by atoms with Crippen LogP contribution in [0.15, 0.2) is 29.2 Å². The van der Waals surface area contributed by atoms with Crippen molar-refractivity contribution in [3.05, 3.63) is 29.3 Å². The molecule has 0 saturated carbocycles. The van der Waals surface area contributed by atoms with E-state index < -0.39 is 5.97 Å². The van der Waals surface area contributed by atoms with Crippen LogP contribution in [-0.4, -0.2) is 30.8 Å². The van der Waals surface area contributed by atoms with E-state index in [0.29, 0.717) is 5.02 Å². The van der Waals surface area contributed by atoms with E-state index in [-0.39, 0.29) is 17.7 Å². The quantitative estimate of drug-likeness (QED) is 0.666. The maximum Gasteiger partial charge on any atom is 0.325 e. The van der Waals surface area contributed by atoms with E-state index in [1.54, 1.807) is 13.0 Å². The Morgan fingerprint density at radius 1 is 1.44 bits per heavy atom. The van der Waals surface area contributed by atoms with Gasteiger partial charge in [-0.3, -0.25) is 9.59 Å². The number of halogens is 1. The van der Waals surface area contributed by atoms with Crippen molar-refractivity contribution in [2.45, 2.75) is 17.1 Å². The van der Waals surface area contributed by atoms with Crippen molar-refractivity contribution in [1.29, 1.82) is 0 Å². The third-order valence-electron chi connectivity index (χ3n) is 2.14. The number of esters is 1. The van der Waals surface area contributed by atoms with Gasteiger partial charge in [0.2, 0.25) is 5.91 Å². The molecule has 0 aliphatic carbocycles. The summed E-state index contributed by atoms with van der Waals surface area (Å²) >= 11 is 7.34. The number of thioether (sulfide) groups is 1. The van der Waals surface area contributed by atoms with Crippen LogP contribution < -0.4 is 5.32 Å². The van der Waals surface area contributed by atoms with Crippen molar-refractivity contribution < 1.29 is 14.3 Å². The lowest BCUT2D eigenvalue weighted by atomic mass is 10.4. The summed E-state index contributed by atoms with van der Waals surface area (Å²) in [6, 6.07) is 7.29. The number of methoxy groups -OCH3 is 1. The third-order valence-corrected chi connectivity index (χ3v) is 3.76. The molecule has 0 aromatic heterocycles. The van der Waals surface area contributed by atoms with Crippen molar-refractivity contribution in [2.75, 3.05) is 13.7 Å². The molecule has 1 unspecified atom stereocenters. The molecule has 0 radical (unpaired) electrons. The van der Waals surface area contributed by atoms with Gasteiger partial charge in [0.25, 0.3) is 0 Å². The smallest absolute Gasteiger partial charge is 0.325 e. The number of rotatable bonds is 5. The Hall–Kier alpha value is -1.20. The molecule has 6 heteroatoms. The number of nitrogens with one attached hydrogen (secondary N) is 1. The van der Waals surface area contributed by atoms with Gasteiger partial charge in [0.05, 0.1) is 17.4 Å². The molecule has 0 bridgehead atoms. The number of ether oxygens (including phenoxy) is 1. The molecule has 4 nitrogen and oxygen atoms in total. The Balaban J connectivity index is 2.50. The van der Waals surface area contributed by atoms with Crippen molar-refractivity contribution in [3.63, 3.8) is 0 Å². The van der Waals surface area contributed by atoms with Crippen LogP contribution in [0.1, 0.15) is 6.92 Å². The fourth-order valence-corrected chi connectivity index (χ4v) is 2.34. The fraction of sp³-hybridized carbons (Fsp3) is 0.333. The van der Waals surface area contributed by atoms with Crippen molar-refractivity contribution in [1.82, 2.24) is 5.32 Å². The summed E-state index contributed by atoms with van der Waals surface area (Å²) in [6.07, 6.45) is 0. The molecule has 1 atom stereocenters.